The van der Waals surface area contributed by atoms with E-state index in [0.717, 1.165) is 43.1 Å². The summed E-state index contributed by atoms with van der Waals surface area (Å²) in [5, 5.41) is 5.88. The summed E-state index contributed by atoms with van der Waals surface area (Å²) >= 11 is 0. The topological polar surface area (TPSA) is 57.3 Å². The van der Waals surface area contributed by atoms with Crippen molar-refractivity contribution in [1.29, 1.82) is 0 Å². The van der Waals surface area contributed by atoms with Gasteiger partial charge in [0.1, 0.15) is 0 Å². The molecule has 1 aliphatic rings. The van der Waals surface area contributed by atoms with Gasteiger partial charge < -0.3 is 15.5 Å². The molecule has 1 aliphatic heterocycles. The van der Waals surface area contributed by atoms with Gasteiger partial charge in [0.05, 0.1) is 0 Å². The van der Waals surface area contributed by atoms with Crippen LogP contribution in [-0.4, -0.2) is 42.1 Å². The van der Waals surface area contributed by atoms with E-state index in [9.17, 15) is 4.79 Å². The molecule has 1 aromatic carbocycles. The van der Waals surface area contributed by atoms with Gasteiger partial charge in [0.2, 0.25) is 0 Å². The Hall–Kier alpha value is -2.40. The van der Waals surface area contributed by atoms with Crippen molar-refractivity contribution in [2.75, 3.05) is 31.5 Å². The summed E-state index contributed by atoms with van der Waals surface area (Å²) in [6, 6.07) is 14.5. The molecule has 0 saturated carbocycles. The second-order valence-corrected chi connectivity index (χ2v) is 7.25. The third kappa shape index (κ3) is 5.79. The summed E-state index contributed by atoms with van der Waals surface area (Å²) in [5.41, 5.74) is 4.17. The third-order valence-electron chi connectivity index (χ3n) is 5.20. The third-order valence-corrected chi connectivity index (χ3v) is 5.20. The van der Waals surface area contributed by atoms with Gasteiger partial charge in [-0.05, 0) is 62.9 Å². The first-order chi connectivity index (χ1) is 13.1. The van der Waals surface area contributed by atoms with E-state index >= 15 is 0 Å². The number of aromatic nitrogens is 1. The Bertz CT molecular complexity index is 739. The Balaban J connectivity index is 1.38. The van der Waals surface area contributed by atoms with E-state index in [2.05, 4.69) is 57.8 Å². The molecule has 144 valence electrons. The van der Waals surface area contributed by atoms with Gasteiger partial charge in [-0.1, -0.05) is 37.3 Å². The summed E-state index contributed by atoms with van der Waals surface area (Å²) in [6.07, 6.45) is 3.23. The van der Waals surface area contributed by atoms with Crippen LogP contribution >= 0.6 is 0 Å². The second-order valence-electron chi connectivity index (χ2n) is 7.25. The molecule has 2 aromatic rings. The van der Waals surface area contributed by atoms with Crippen molar-refractivity contribution in [2.24, 2.45) is 0 Å². The minimum atomic E-state index is -0.151. The van der Waals surface area contributed by atoms with E-state index in [1.165, 1.54) is 18.4 Å². The van der Waals surface area contributed by atoms with Crippen LogP contribution in [0, 0.1) is 6.92 Å². The quantitative estimate of drug-likeness (QED) is 0.814. The minimum Gasteiger partial charge on any atom is -0.337 e. The van der Waals surface area contributed by atoms with Crippen LogP contribution in [0.15, 0.2) is 42.5 Å². The van der Waals surface area contributed by atoms with Crippen LogP contribution in [0.1, 0.15) is 42.6 Å². The lowest BCUT2D eigenvalue weighted by atomic mass is 9.89. The van der Waals surface area contributed by atoms with Gasteiger partial charge >= 0.3 is 6.03 Å². The van der Waals surface area contributed by atoms with Crippen LogP contribution < -0.4 is 10.6 Å². The normalized spacial score (nSPS) is 15.5. The summed E-state index contributed by atoms with van der Waals surface area (Å²) in [6.45, 7) is 7.74. The Labute approximate surface area is 162 Å². The number of hydrogen-bond donors (Lipinski definition) is 2. The highest BCUT2D eigenvalue weighted by molar-refractivity contribution is 5.89. The average Bonchev–Trinajstić information content (AvgIpc) is 2.68. The molecule has 27 heavy (non-hydrogen) atoms. The molecule has 2 N–H and O–H groups in total. The van der Waals surface area contributed by atoms with E-state index in [0.29, 0.717) is 12.5 Å². The van der Waals surface area contributed by atoms with Crippen molar-refractivity contribution in [1.82, 2.24) is 15.2 Å². The van der Waals surface area contributed by atoms with E-state index in [-0.39, 0.29) is 6.03 Å². The highest BCUT2D eigenvalue weighted by atomic mass is 16.2. The van der Waals surface area contributed by atoms with Crippen molar-refractivity contribution >= 4 is 11.7 Å². The van der Waals surface area contributed by atoms with Crippen LogP contribution in [0.4, 0.5) is 10.5 Å². The molecule has 1 fully saturated rings. The van der Waals surface area contributed by atoms with Crippen molar-refractivity contribution in [3.8, 4) is 0 Å². The number of piperidine rings is 1. The first kappa shape index (κ1) is 19.4. The van der Waals surface area contributed by atoms with Gasteiger partial charge in [-0.25, -0.2) is 4.79 Å². The number of anilines is 1. The van der Waals surface area contributed by atoms with Crippen LogP contribution in [0.25, 0.3) is 0 Å². The highest BCUT2D eigenvalue weighted by Gasteiger charge is 2.20. The van der Waals surface area contributed by atoms with Crippen molar-refractivity contribution in [2.45, 2.75) is 39.0 Å². The number of carbonyl (C=O) groups excluding carboxylic acids is 1. The van der Waals surface area contributed by atoms with Gasteiger partial charge in [0.15, 0.2) is 0 Å². The number of nitrogens with one attached hydrogen (secondary N) is 2. The Morgan fingerprint density at radius 1 is 1.19 bits per heavy atom. The fraction of sp³-hybridized carbons (Fsp3) is 0.455. The van der Waals surface area contributed by atoms with Crippen LogP contribution in [0.3, 0.4) is 0 Å². The molecule has 1 saturated heterocycles. The molecule has 0 unspecified atom stereocenters. The van der Waals surface area contributed by atoms with Gasteiger partial charge in [-0.2, -0.15) is 0 Å². The molecule has 0 atom stereocenters. The molecule has 0 radical (unpaired) electrons. The molecule has 5 heteroatoms. The van der Waals surface area contributed by atoms with E-state index < -0.39 is 0 Å². The minimum absolute atomic E-state index is 0.151. The smallest absolute Gasteiger partial charge is 0.319 e. The SMILES string of the molecule is CCc1cc(NC(=O)NCCN2CCC(c3ccccc3)CC2)cc(C)n1. The Morgan fingerprint density at radius 3 is 2.63 bits per heavy atom. The molecule has 0 aliphatic carbocycles. The molecular weight excluding hydrogens is 336 g/mol. The zero-order valence-corrected chi connectivity index (χ0v) is 16.4. The maximum atomic E-state index is 12.1. The maximum absolute atomic E-state index is 12.1. The molecule has 1 aromatic heterocycles. The Kier molecular flexibility index (Phi) is 6.82. The van der Waals surface area contributed by atoms with Gasteiger partial charge in [-0.15, -0.1) is 0 Å². The predicted molar refractivity (Wildman–Crippen MR) is 110 cm³/mol. The summed E-state index contributed by atoms with van der Waals surface area (Å²) in [4.78, 5) is 19.0. The van der Waals surface area contributed by atoms with Gasteiger partial charge in [-0.3, -0.25) is 4.98 Å². The van der Waals surface area contributed by atoms with E-state index in [1.54, 1.807) is 0 Å². The van der Waals surface area contributed by atoms with Crippen molar-refractivity contribution in [3.63, 3.8) is 0 Å². The number of carbonyl (C=O) groups is 1. The standard InChI is InChI=1S/C22H30N4O/c1-3-20-16-21(15-17(2)24-20)25-22(27)23-11-14-26-12-9-19(10-13-26)18-7-5-4-6-8-18/h4-8,15-16,19H,3,9-14H2,1-2H3,(H2,23,24,25,27). The Morgan fingerprint density at radius 2 is 1.93 bits per heavy atom. The maximum Gasteiger partial charge on any atom is 0.319 e. The number of pyridine rings is 1. The van der Waals surface area contributed by atoms with Crippen LogP contribution in [-0.2, 0) is 6.42 Å². The van der Waals surface area contributed by atoms with E-state index in [4.69, 9.17) is 0 Å². The average molecular weight is 367 g/mol. The lowest BCUT2D eigenvalue weighted by molar-refractivity contribution is 0.211. The number of likely N-dealkylation sites (tertiary alicyclic amines) is 1. The number of rotatable bonds is 6. The molecule has 0 spiro atoms. The number of urea groups is 1. The summed E-state index contributed by atoms with van der Waals surface area (Å²) < 4.78 is 0. The lowest BCUT2D eigenvalue weighted by Gasteiger charge is -2.32. The monoisotopic (exact) mass is 366 g/mol. The zero-order valence-electron chi connectivity index (χ0n) is 16.4. The second kappa shape index (κ2) is 9.51. The summed E-state index contributed by atoms with van der Waals surface area (Å²) in [5.74, 6) is 0.668. The zero-order chi connectivity index (χ0) is 19.1. The summed E-state index contributed by atoms with van der Waals surface area (Å²) in [7, 11) is 0. The molecular formula is C22H30N4O. The lowest BCUT2D eigenvalue weighted by Crippen LogP contribution is -2.40. The first-order valence-electron chi connectivity index (χ1n) is 9.93. The molecule has 3 rings (SSSR count). The number of nitrogens with zero attached hydrogens (tertiary/aromatic N) is 2. The number of aryl methyl sites for hydroxylation is 2. The predicted octanol–water partition coefficient (Wildman–Crippen LogP) is 3.95. The van der Waals surface area contributed by atoms with Gasteiger partial charge in [0.25, 0.3) is 0 Å². The molecule has 2 amide bonds. The van der Waals surface area contributed by atoms with Crippen molar-refractivity contribution in [3.05, 3.63) is 59.4 Å². The highest BCUT2D eigenvalue weighted by Crippen LogP contribution is 2.27. The number of benzene rings is 1. The molecule has 2 heterocycles. The first-order valence-corrected chi connectivity index (χ1v) is 9.93. The molecule has 0 bridgehead atoms. The molecule has 5 nitrogen and oxygen atoms in total. The fourth-order valence-corrected chi connectivity index (χ4v) is 3.71. The number of hydrogen-bond acceptors (Lipinski definition) is 3. The van der Waals surface area contributed by atoms with Crippen LogP contribution in [0.2, 0.25) is 0 Å². The van der Waals surface area contributed by atoms with E-state index in [1.807, 2.05) is 19.1 Å². The van der Waals surface area contributed by atoms with Gasteiger partial charge in [0, 0.05) is 30.2 Å². The number of amides is 2. The van der Waals surface area contributed by atoms with Crippen LogP contribution in [0.5, 0.6) is 0 Å². The van der Waals surface area contributed by atoms with Crippen molar-refractivity contribution < 1.29 is 4.79 Å². The fourth-order valence-electron chi connectivity index (χ4n) is 3.71. The largest absolute Gasteiger partial charge is 0.337 e.